The molecule has 0 saturated carbocycles. The molecule has 0 aromatic heterocycles. The zero-order chi connectivity index (χ0) is 9.90. The Balaban J connectivity index is 2.22. The van der Waals surface area contributed by atoms with Gasteiger partial charge in [0.2, 0.25) is 0 Å². The molecule has 1 rings (SSSR count). The third-order valence-corrected chi connectivity index (χ3v) is 2.72. The molecule has 1 aliphatic rings. The van der Waals surface area contributed by atoms with Crippen LogP contribution in [0.2, 0.25) is 0 Å². The molecule has 2 heteroatoms. The quantitative estimate of drug-likeness (QED) is 0.726. The lowest BCUT2D eigenvalue weighted by Crippen LogP contribution is -2.25. The average molecular weight is 183 g/mol. The number of ketones is 1. The number of Topliss-reactive ketones (excluding diaryl/α,β-unsaturated/α-hetero) is 1. The van der Waals surface area contributed by atoms with E-state index in [-0.39, 0.29) is 5.41 Å². The highest BCUT2D eigenvalue weighted by atomic mass is 16.1. The van der Waals surface area contributed by atoms with Crippen LogP contribution in [0.4, 0.5) is 0 Å². The molecule has 1 aliphatic heterocycles. The van der Waals surface area contributed by atoms with Crippen molar-refractivity contribution >= 4 is 5.78 Å². The maximum atomic E-state index is 11.6. The second kappa shape index (κ2) is 4.23. The fourth-order valence-electron chi connectivity index (χ4n) is 1.68. The first-order valence-electron chi connectivity index (χ1n) is 5.27. The van der Waals surface area contributed by atoms with E-state index in [0.717, 1.165) is 19.4 Å². The molecule has 0 amide bonds. The molecule has 1 saturated heterocycles. The Morgan fingerprint density at radius 3 is 2.62 bits per heavy atom. The van der Waals surface area contributed by atoms with Gasteiger partial charge in [0.1, 0.15) is 5.78 Å². The third-order valence-electron chi connectivity index (χ3n) is 2.72. The third kappa shape index (κ3) is 3.47. The van der Waals surface area contributed by atoms with E-state index in [1.165, 1.54) is 12.8 Å². The predicted molar refractivity (Wildman–Crippen MR) is 54.7 cm³/mol. The fraction of sp³-hybridized carbons (Fsp3) is 0.909. The fourth-order valence-corrected chi connectivity index (χ4v) is 1.68. The highest BCUT2D eigenvalue weighted by Gasteiger charge is 2.22. The Morgan fingerprint density at radius 2 is 2.15 bits per heavy atom. The Morgan fingerprint density at radius 1 is 1.46 bits per heavy atom. The lowest BCUT2D eigenvalue weighted by molar-refractivity contribution is -0.126. The van der Waals surface area contributed by atoms with Gasteiger partial charge in [-0.15, -0.1) is 0 Å². The van der Waals surface area contributed by atoms with Gasteiger partial charge in [0.25, 0.3) is 0 Å². The van der Waals surface area contributed by atoms with Gasteiger partial charge in [0.05, 0.1) is 0 Å². The summed E-state index contributed by atoms with van der Waals surface area (Å²) in [5.41, 5.74) is -0.154. The molecule has 13 heavy (non-hydrogen) atoms. The summed E-state index contributed by atoms with van der Waals surface area (Å²) < 4.78 is 0. The largest absolute Gasteiger partial charge is 0.314 e. The van der Waals surface area contributed by atoms with Crippen molar-refractivity contribution in [3.05, 3.63) is 0 Å². The molecular weight excluding hydrogens is 162 g/mol. The van der Waals surface area contributed by atoms with Gasteiger partial charge in [-0.05, 0) is 25.8 Å². The molecule has 0 aliphatic carbocycles. The number of hydrogen-bond donors (Lipinski definition) is 1. The van der Waals surface area contributed by atoms with Crippen LogP contribution in [0, 0.1) is 5.41 Å². The zero-order valence-corrected chi connectivity index (χ0v) is 9.02. The molecule has 0 bridgehead atoms. The summed E-state index contributed by atoms with van der Waals surface area (Å²) in [5.74, 6) is 0.390. The van der Waals surface area contributed by atoms with Crippen molar-refractivity contribution in [1.29, 1.82) is 0 Å². The van der Waals surface area contributed by atoms with E-state index < -0.39 is 0 Å². The van der Waals surface area contributed by atoms with Crippen molar-refractivity contribution in [2.24, 2.45) is 5.41 Å². The van der Waals surface area contributed by atoms with Gasteiger partial charge in [-0.1, -0.05) is 20.8 Å². The van der Waals surface area contributed by atoms with E-state index in [1.54, 1.807) is 0 Å². The summed E-state index contributed by atoms with van der Waals surface area (Å²) in [6, 6.07) is 0.603. The monoisotopic (exact) mass is 183 g/mol. The van der Waals surface area contributed by atoms with E-state index in [1.807, 2.05) is 20.8 Å². The molecule has 1 fully saturated rings. The first kappa shape index (κ1) is 10.7. The van der Waals surface area contributed by atoms with Gasteiger partial charge in [-0.2, -0.15) is 0 Å². The van der Waals surface area contributed by atoms with Gasteiger partial charge in [-0.25, -0.2) is 0 Å². The van der Waals surface area contributed by atoms with E-state index in [2.05, 4.69) is 5.32 Å². The van der Waals surface area contributed by atoms with Gasteiger partial charge < -0.3 is 5.32 Å². The minimum Gasteiger partial charge on any atom is -0.314 e. The Bertz CT molecular complexity index is 175. The maximum Gasteiger partial charge on any atom is 0.138 e. The summed E-state index contributed by atoms with van der Waals surface area (Å²) in [6.45, 7) is 7.13. The van der Waals surface area contributed by atoms with E-state index in [0.29, 0.717) is 11.8 Å². The van der Waals surface area contributed by atoms with Crippen LogP contribution in [0.15, 0.2) is 0 Å². The molecule has 76 valence electrons. The maximum absolute atomic E-state index is 11.6. The molecular formula is C11H21NO. The molecule has 0 unspecified atom stereocenters. The van der Waals surface area contributed by atoms with Crippen molar-refractivity contribution in [2.45, 2.75) is 52.5 Å². The molecule has 1 atom stereocenters. The minimum atomic E-state index is -0.154. The second-order valence-electron chi connectivity index (χ2n) is 5.01. The predicted octanol–water partition coefficient (Wildman–Crippen LogP) is 2.13. The molecule has 2 nitrogen and oxygen atoms in total. The van der Waals surface area contributed by atoms with Crippen LogP contribution in [-0.4, -0.2) is 18.4 Å². The van der Waals surface area contributed by atoms with Crippen LogP contribution in [0.25, 0.3) is 0 Å². The van der Waals surface area contributed by atoms with Crippen molar-refractivity contribution in [2.75, 3.05) is 6.54 Å². The van der Waals surface area contributed by atoms with Gasteiger partial charge >= 0.3 is 0 Å². The first-order valence-corrected chi connectivity index (χ1v) is 5.27. The van der Waals surface area contributed by atoms with Crippen LogP contribution in [0.3, 0.4) is 0 Å². The lowest BCUT2D eigenvalue weighted by atomic mass is 9.87. The highest BCUT2D eigenvalue weighted by Crippen LogP contribution is 2.20. The summed E-state index contributed by atoms with van der Waals surface area (Å²) in [6.07, 6.45) is 4.28. The standard InChI is InChI=1S/C11H21NO/c1-11(2,3)10(13)7-6-9-5-4-8-12-9/h9,12H,4-8H2,1-3H3/t9-/m0/s1. The normalized spacial score (nSPS) is 23.5. The zero-order valence-electron chi connectivity index (χ0n) is 9.02. The summed E-state index contributed by atoms with van der Waals surface area (Å²) in [7, 11) is 0. The van der Waals surface area contributed by atoms with Crippen molar-refractivity contribution in [1.82, 2.24) is 5.32 Å². The molecule has 1 N–H and O–H groups in total. The highest BCUT2D eigenvalue weighted by molar-refractivity contribution is 5.83. The van der Waals surface area contributed by atoms with Gasteiger partial charge in [0.15, 0.2) is 0 Å². The topological polar surface area (TPSA) is 29.1 Å². The summed E-state index contributed by atoms with van der Waals surface area (Å²) in [4.78, 5) is 11.6. The molecule has 0 spiro atoms. The number of rotatable bonds is 3. The summed E-state index contributed by atoms with van der Waals surface area (Å²) >= 11 is 0. The smallest absolute Gasteiger partial charge is 0.138 e. The Kier molecular flexibility index (Phi) is 3.48. The van der Waals surface area contributed by atoms with Crippen molar-refractivity contribution in [3.8, 4) is 0 Å². The molecule has 0 radical (unpaired) electrons. The molecule has 0 aromatic rings. The number of carbonyl (C=O) groups excluding carboxylic acids is 1. The van der Waals surface area contributed by atoms with E-state index in [9.17, 15) is 4.79 Å². The number of nitrogens with one attached hydrogen (secondary N) is 1. The van der Waals surface area contributed by atoms with Gasteiger partial charge in [0, 0.05) is 17.9 Å². The first-order chi connectivity index (χ1) is 6.00. The Hall–Kier alpha value is -0.370. The van der Waals surface area contributed by atoms with Crippen molar-refractivity contribution in [3.63, 3.8) is 0 Å². The molecule has 0 aromatic carbocycles. The van der Waals surface area contributed by atoms with Gasteiger partial charge in [-0.3, -0.25) is 4.79 Å². The van der Waals surface area contributed by atoms with Crippen LogP contribution < -0.4 is 5.32 Å². The van der Waals surface area contributed by atoms with Crippen LogP contribution in [0.1, 0.15) is 46.5 Å². The van der Waals surface area contributed by atoms with E-state index >= 15 is 0 Å². The average Bonchev–Trinajstić information content (AvgIpc) is 2.50. The Labute approximate surface area is 81.1 Å². The van der Waals surface area contributed by atoms with Crippen LogP contribution in [0.5, 0.6) is 0 Å². The van der Waals surface area contributed by atoms with Crippen molar-refractivity contribution < 1.29 is 4.79 Å². The van der Waals surface area contributed by atoms with Crippen LogP contribution >= 0.6 is 0 Å². The second-order valence-corrected chi connectivity index (χ2v) is 5.01. The van der Waals surface area contributed by atoms with E-state index in [4.69, 9.17) is 0 Å². The SMILES string of the molecule is CC(C)(C)C(=O)CC[C@@H]1CCCN1. The minimum absolute atomic E-state index is 0.154. The molecule has 1 heterocycles. The number of hydrogen-bond acceptors (Lipinski definition) is 2. The van der Waals surface area contributed by atoms with Crippen LogP contribution in [-0.2, 0) is 4.79 Å². The summed E-state index contributed by atoms with van der Waals surface area (Å²) in [5, 5.41) is 3.41. The number of carbonyl (C=O) groups is 1. The lowest BCUT2D eigenvalue weighted by Gasteiger charge is -2.17.